The van der Waals surface area contributed by atoms with Gasteiger partial charge < -0.3 is 34.3 Å². The Bertz CT molecular complexity index is 2570. The van der Waals surface area contributed by atoms with Gasteiger partial charge in [0.2, 0.25) is 11.8 Å². The number of pyridine rings is 1. The number of benzene rings is 2. The highest BCUT2D eigenvalue weighted by atomic mass is 16.5. The Balaban J connectivity index is 1.21. The molecule has 4 aromatic rings. The summed E-state index contributed by atoms with van der Waals surface area (Å²) in [6.45, 7) is 17.8. The van der Waals surface area contributed by atoms with Crippen molar-refractivity contribution in [2.75, 3.05) is 65.4 Å². The number of fused-ring (bicyclic) bond motifs is 7. The van der Waals surface area contributed by atoms with Crippen LogP contribution in [0.2, 0.25) is 0 Å². The number of hydrazine groups is 1. The highest BCUT2D eigenvalue weighted by Crippen LogP contribution is 2.46. The normalized spacial score (nSPS) is 22.5. The number of likely N-dealkylation sites (N-methyl/N-ethyl adjacent to an activating group) is 1. The predicted molar refractivity (Wildman–Crippen MR) is 264 cm³/mol. The first-order valence-corrected chi connectivity index (χ1v) is 24.4. The molecule has 2 fully saturated rings. The number of hydrogen-bond acceptors (Lipinski definition) is 11. The maximum Gasteiger partial charge on any atom is 0.324 e. The van der Waals surface area contributed by atoms with Crippen LogP contribution in [0.4, 0.5) is 5.82 Å². The van der Waals surface area contributed by atoms with E-state index >= 15 is 0 Å². The maximum atomic E-state index is 14.8. The fourth-order valence-corrected chi connectivity index (χ4v) is 11.2. The zero-order valence-electron chi connectivity index (χ0n) is 41.1. The van der Waals surface area contributed by atoms with Gasteiger partial charge in [-0.2, -0.15) is 0 Å². The summed E-state index contributed by atoms with van der Waals surface area (Å²) >= 11 is 0. The number of hydrogen-bond donors (Lipinski definition) is 3. The van der Waals surface area contributed by atoms with Crippen LogP contribution in [-0.4, -0.2) is 132 Å². The Morgan fingerprint density at radius 1 is 1.09 bits per heavy atom. The van der Waals surface area contributed by atoms with Crippen molar-refractivity contribution in [3.63, 3.8) is 0 Å². The van der Waals surface area contributed by atoms with Crippen molar-refractivity contribution in [1.29, 1.82) is 0 Å². The highest BCUT2D eigenvalue weighted by Gasteiger charge is 2.39. The number of carbonyl (C=O) groups is 4. The summed E-state index contributed by atoms with van der Waals surface area (Å²) in [5.41, 5.74) is 10.3. The van der Waals surface area contributed by atoms with E-state index in [0.29, 0.717) is 57.5 Å². The molecule has 5 atom stereocenters. The molecule has 364 valence electrons. The molecule has 0 spiro atoms. The number of ether oxygens (including phenoxy) is 2. The zero-order valence-corrected chi connectivity index (χ0v) is 41.1. The molecule has 4 aliphatic rings. The van der Waals surface area contributed by atoms with Gasteiger partial charge in [-0.3, -0.25) is 29.1 Å². The molecule has 2 aromatic heterocycles. The van der Waals surface area contributed by atoms with E-state index in [1.54, 1.807) is 24.1 Å². The molecule has 15 nitrogen and oxygen atoms in total. The van der Waals surface area contributed by atoms with Crippen LogP contribution < -0.4 is 15.6 Å². The van der Waals surface area contributed by atoms with Gasteiger partial charge in [0, 0.05) is 93.5 Å². The van der Waals surface area contributed by atoms with Crippen LogP contribution >= 0.6 is 0 Å². The van der Waals surface area contributed by atoms with Gasteiger partial charge >= 0.3 is 5.97 Å². The van der Waals surface area contributed by atoms with Crippen LogP contribution in [0.25, 0.3) is 33.3 Å². The fourth-order valence-electron chi connectivity index (χ4n) is 11.2. The molecule has 4 aliphatic heterocycles. The minimum absolute atomic E-state index is 0.0371. The third-order valence-corrected chi connectivity index (χ3v) is 14.5. The summed E-state index contributed by atoms with van der Waals surface area (Å²) < 4.78 is 14.7. The quantitative estimate of drug-likeness (QED) is 0.122. The summed E-state index contributed by atoms with van der Waals surface area (Å²) in [5.74, 6) is -0.226. The van der Waals surface area contributed by atoms with E-state index in [0.717, 1.165) is 69.6 Å². The van der Waals surface area contributed by atoms with Gasteiger partial charge in [-0.15, -0.1) is 0 Å². The number of aryl methyl sites for hydroxylation is 1. The predicted octanol–water partition coefficient (Wildman–Crippen LogP) is 6.26. The van der Waals surface area contributed by atoms with Gasteiger partial charge in [0.15, 0.2) is 0 Å². The molecule has 3 N–H and O–H groups in total. The van der Waals surface area contributed by atoms with E-state index in [2.05, 4.69) is 78.9 Å². The summed E-state index contributed by atoms with van der Waals surface area (Å²) in [6, 6.07) is 11.5. The molecule has 6 bridgehead atoms. The van der Waals surface area contributed by atoms with Gasteiger partial charge in [-0.05, 0) is 117 Å². The molecule has 0 saturated carbocycles. The maximum absolute atomic E-state index is 14.8. The molecule has 0 aliphatic carbocycles. The molecule has 1 unspecified atom stereocenters. The molecule has 8 rings (SSSR count). The number of phenolic OH excluding ortho intramolecular Hbond substituents is 1. The van der Waals surface area contributed by atoms with Crippen LogP contribution in [0.15, 0.2) is 61.3 Å². The number of methoxy groups -OCH3 is 1. The Morgan fingerprint density at radius 2 is 1.88 bits per heavy atom. The number of esters is 1. The zero-order chi connectivity index (χ0) is 48.6. The highest BCUT2D eigenvalue weighted by molar-refractivity contribution is 5.96. The lowest BCUT2D eigenvalue weighted by molar-refractivity contribution is -0.155. The minimum Gasteiger partial charge on any atom is -0.508 e. The second kappa shape index (κ2) is 20.1. The van der Waals surface area contributed by atoms with E-state index < -0.39 is 29.5 Å². The number of phenols is 1. The number of aromatic nitrogens is 2. The number of nitrogens with one attached hydrogen (secondary N) is 2. The van der Waals surface area contributed by atoms with Gasteiger partial charge in [0.05, 0.1) is 24.4 Å². The topological polar surface area (TPSA) is 162 Å². The Morgan fingerprint density at radius 3 is 2.62 bits per heavy atom. The summed E-state index contributed by atoms with van der Waals surface area (Å²) in [4.78, 5) is 66.6. The van der Waals surface area contributed by atoms with Crippen molar-refractivity contribution < 1.29 is 33.8 Å². The molecule has 6 heterocycles. The Hall–Kier alpha value is -5.77. The first-order valence-electron chi connectivity index (χ1n) is 24.4. The van der Waals surface area contributed by atoms with Gasteiger partial charge in [0.25, 0.3) is 5.91 Å². The average Bonchev–Trinajstić information content (AvgIpc) is 3.91. The first-order chi connectivity index (χ1) is 32.5. The summed E-state index contributed by atoms with van der Waals surface area (Å²) in [6.07, 6.45) is 6.39. The van der Waals surface area contributed by atoms with Crippen molar-refractivity contribution in [3.8, 4) is 28.1 Å². The fraction of sp³-hybridized carbons (Fsp3) is 0.528. The standard InChI is InChI=1S/C53H70N8O7/c1-10-45(63)59-22-17-33(30-59)29-58(8)47(32(3)4)50(64)55-42-25-34-23-36(26-37(62)24-34)35-14-15-43-39(27-35)40(28-53(5,6)31-68-52(66)41-13-12-20-61(56-41)51(42)65)48(60(43)11-2)38-16-19-54-49-46(38)44(67-9)18-21-57(49)7/h10,14-16,19,23-24,26-27,32-33,41-42,44,47,56,62H,1,11-13,17-18,20-22,25,28-31H2,2-9H3,(H,55,64)/t33?,41-,42-,44-,47-/m0/s1. The van der Waals surface area contributed by atoms with Crippen molar-refractivity contribution >= 4 is 40.4 Å². The molecule has 2 aromatic carbocycles. The number of rotatable bonds is 10. The number of amides is 3. The second-order valence-electron chi connectivity index (χ2n) is 20.5. The lowest BCUT2D eigenvalue weighted by atomic mass is 9.83. The second-order valence-corrected chi connectivity index (χ2v) is 20.5. The van der Waals surface area contributed by atoms with Crippen molar-refractivity contribution in [3.05, 3.63) is 78.0 Å². The number of likely N-dealkylation sites (tertiary alicyclic amines) is 1. The number of nitrogens with zero attached hydrogens (tertiary/aromatic N) is 6. The van der Waals surface area contributed by atoms with Crippen LogP contribution in [-0.2, 0) is 48.0 Å². The van der Waals surface area contributed by atoms with E-state index in [9.17, 15) is 24.3 Å². The lowest BCUT2D eigenvalue weighted by Gasteiger charge is -2.37. The smallest absolute Gasteiger partial charge is 0.324 e. The van der Waals surface area contributed by atoms with Gasteiger partial charge in [-0.25, -0.2) is 10.4 Å². The van der Waals surface area contributed by atoms with E-state index in [1.165, 1.54) is 11.1 Å². The summed E-state index contributed by atoms with van der Waals surface area (Å²) in [7, 11) is 5.74. The molecule has 2 saturated heterocycles. The average molecular weight is 931 g/mol. The summed E-state index contributed by atoms with van der Waals surface area (Å²) in [5, 5.41) is 17.0. The minimum atomic E-state index is -1.05. The number of anilines is 1. The Kier molecular flexibility index (Phi) is 14.4. The van der Waals surface area contributed by atoms with Crippen molar-refractivity contribution in [1.82, 2.24) is 35.1 Å². The van der Waals surface area contributed by atoms with Gasteiger partial charge in [0.1, 0.15) is 23.7 Å². The third kappa shape index (κ3) is 9.88. The van der Waals surface area contributed by atoms with Crippen LogP contribution in [0, 0.1) is 17.3 Å². The monoisotopic (exact) mass is 931 g/mol. The van der Waals surface area contributed by atoms with Gasteiger partial charge in [-0.1, -0.05) is 46.4 Å². The van der Waals surface area contributed by atoms with Crippen LogP contribution in [0.3, 0.4) is 0 Å². The van der Waals surface area contributed by atoms with Crippen LogP contribution in [0.1, 0.15) is 83.1 Å². The molecule has 0 radical (unpaired) electrons. The molecule has 15 heteroatoms. The SMILES string of the molecule is C=CC(=O)N1CCC(CN(C)[C@H](C(=O)N[C@H]2Cc3cc(O)cc(c3)-c3ccc4c(c3)c(c(-c3ccnc5c3[C@@H](OC)CCN5C)n4CC)CC(C)(C)COC(=O)[C@@H]3CCCN(N3)C2=O)C(C)C)C1. The van der Waals surface area contributed by atoms with E-state index in [-0.39, 0.29) is 54.4 Å². The molecule has 3 amide bonds. The van der Waals surface area contributed by atoms with E-state index in [1.807, 2.05) is 38.1 Å². The molecular formula is C53H70N8O7. The molecule has 68 heavy (non-hydrogen) atoms. The number of carbonyl (C=O) groups excluding carboxylic acids is 4. The number of cyclic esters (lactones) is 1. The lowest BCUT2D eigenvalue weighted by Crippen LogP contribution is -2.62. The molecular weight excluding hydrogens is 861 g/mol. The first kappa shape index (κ1) is 48.7. The van der Waals surface area contributed by atoms with Crippen molar-refractivity contribution in [2.24, 2.45) is 17.3 Å². The largest absolute Gasteiger partial charge is 0.508 e. The Labute approximate surface area is 400 Å². The van der Waals surface area contributed by atoms with Crippen molar-refractivity contribution in [2.45, 2.75) is 104 Å². The third-order valence-electron chi connectivity index (χ3n) is 14.5. The van der Waals surface area contributed by atoms with E-state index in [4.69, 9.17) is 14.5 Å². The van der Waals surface area contributed by atoms with Crippen LogP contribution in [0.5, 0.6) is 5.75 Å². The number of aromatic hydroxyl groups is 1.